The van der Waals surface area contributed by atoms with Crippen LogP contribution in [0.5, 0.6) is 0 Å². The highest BCUT2D eigenvalue weighted by atomic mass is 35.5. The first kappa shape index (κ1) is 21.6. The molecule has 0 saturated carbocycles. The summed E-state index contributed by atoms with van der Waals surface area (Å²) < 4.78 is 27.3. The molecule has 1 heterocycles. The quantitative estimate of drug-likeness (QED) is 0.748. The predicted octanol–water partition coefficient (Wildman–Crippen LogP) is 3.70. The van der Waals surface area contributed by atoms with Crippen LogP contribution < -0.4 is 10.6 Å². The minimum absolute atomic E-state index is 0.00234. The number of sulfonamides is 1. The molecule has 1 saturated heterocycles. The molecular weight excluding hydrogens is 412 g/mol. The van der Waals surface area contributed by atoms with Crippen LogP contribution in [0.15, 0.2) is 53.4 Å². The summed E-state index contributed by atoms with van der Waals surface area (Å²) in [6.07, 6.45) is 1.63. The van der Waals surface area contributed by atoms with Crippen molar-refractivity contribution in [2.24, 2.45) is 0 Å². The highest BCUT2D eigenvalue weighted by Crippen LogP contribution is 2.23. The van der Waals surface area contributed by atoms with E-state index in [2.05, 4.69) is 15.5 Å². The Morgan fingerprint density at radius 3 is 2.31 bits per heavy atom. The SMILES string of the molecule is CN1CCC(N(C)S(=O)(=O)c2ccc(NC(=O)Nc3cccc(Cl)c3)cc2)CC1. The van der Waals surface area contributed by atoms with Gasteiger partial charge in [-0.05, 0) is 75.4 Å². The molecule has 2 N–H and O–H groups in total. The summed E-state index contributed by atoms with van der Waals surface area (Å²) in [5, 5.41) is 5.87. The molecule has 0 unspecified atom stereocenters. The van der Waals surface area contributed by atoms with Crippen LogP contribution in [-0.4, -0.2) is 56.9 Å². The maximum absolute atomic E-state index is 12.9. The van der Waals surface area contributed by atoms with E-state index >= 15 is 0 Å². The highest BCUT2D eigenvalue weighted by molar-refractivity contribution is 7.89. The van der Waals surface area contributed by atoms with Gasteiger partial charge in [-0.25, -0.2) is 13.2 Å². The number of piperidine rings is 1. The zero-order valence-corrected chi connectivity index (χ0v) is 18.0. The summed E-state index contributed by atoms with van der Waals surface area (Å²) in [7, 11) is 0.0927. The number of likely N-dealkylation sites (tertiary alicyclic amines) is 1. The second kappa shape index (κ2) is 9.13. The highest BCUT2D eigenvalue weighted by Gasteiger charge is 2.30. The predicted molar refractivity (Wildman–Crippen MR) is 116 cm³/mol. The first-order valence-electron chi connectivity index (χ1n) is 9.36. The Bertz CT molecular complexity index is 958. The largest absolute Gasteiger partial charge is 0.323 e. The standard InChI is InChI=1S/C20H25ClN4O3S/c1-24-12-10-18(11-13-24)25(2)29(27,28)19-8-6-16(7-9-19)22-20(26)23-17-5-3-4-15(21)14-17/h3-9,14,18H,10-13H2,1-2H3,(H2,22,23,26). The van der Waals surface area contributed by atoms with Crippen molar-refractivity contribution in [3.8, 4) is 0 Å². The van der Waals surface area contributed by atoms with E-state index in [-0.39, 0.29) is 10.9 Å². The fourth-order valence-corrected chi connectivity index (χ4v) is 4.90. The Hall–Kier alpha value is -2.13. The van der Waals surface area contributed by atoms with Crippen molar-refractivity contribution in [3.05, 3.63) is 53.6 Å². The van der Waals surface area contributed by atoms with Crippen LogP contribution in [0.2, 0.25) is 5.02 Å². The molecule has 2 aromatic carbocycles. The summed E-state index contributed by atoms with van der Waals surface area (Å²) in [5.41, 5.74) is 1.05. The van der Waals surface area contributed by atoms with E-state index < -0.39 is 16.1 Å². The van der Waals surface area contributed by atoms with E-state index in [4.69, 9.17) is 11.6 Å². The van der Waals surface area contributed by atoms with Gasteiger partial charge in [-0.2, -0.15) is 4.31 Å². The summed E-state index contributed by atoms with van der Waals surface area (Å²) in [6.45, 7) is 1.77. The zero-order valence-electron chi connectivity index (χ0n) is 16.4. The molecule has 1 fully saturated rings. The van der Waals surface area contributed by atoms with Crippen LogP contribution in [0.3, 0.4) is 0 Å². The lowest BCUT2D eigenvalue weighted by Crippen LogP contribution is -2.44. The van der Waals surface area contributed by atoms with Crippen molar-refractivity contribution >= 4 is 39.0 Å². The number of benzene rings is 2. The van der Waals surface area contributed by atoms with E-state index in [9.17, 15) is 13.2 Å². The zero-order chi connectivity index (χ0) is 21.0. The molecule has 7 nitrogen and oxygen atoms in total. The third-order valence-corrected chi connectivity index (χ3v) is 7.23. The van der Waals surface area contributed by atoms with Gasteiger partial charge in [-0.3, -0.25) is 0 Å². The van der Waals surface area contributed by atoms with Gasteiger partial charge in [0.05, 0.1) is 4.90 Å². The van der Waals surface area contributed by atoms with Crippen LogP contribution in [0.4, 0.5) is 16.2 Å². The number of hydrogen-bond donors (Lipinski definition) is 2. The van der Waals surface area contributed by atoms with Crippen molar-refractivity contribution < 1.29 is 13.2 Å². The van der Waals surface area contributed by atoms with Gasteiger partial charge in [0.15, 0.2) is 0 Å². The van der Waals surface area contributed by atoms with E-state index in [1.54, 1.807) is 43.4 Å². The molecule has 1 aliphatic heterocycles. The fourth-order valence-electron chi connectivity index (χ4n) is 3.29. The van der Waals surface area contributed by atoms with E-state index in [1.165, 1.54) is 16.4 Å². The smallest absolute Gasteiger partial charge is 0.308 e. The monoisotopic (exact) mass is 436 g/mol. The van der Waals surface area contributed by atoms with Gasteiger partial charge < -0.3 is 15.5 Å². The van der Waals surface area contributed by atoms with Crippen molar-refractivity contribution in [2.45, 2.75) is 23.8 Å². The Kier molecular flexibility index (Phi) is 6.79. The number of hydrogen-bond acceptors (Lipinski definition) is 4. The van der Waals surface area contributed by atoms with Crippen LogP contribution >= 0.6 is 11.6 Å². The number of carbonyl (C=O) groups excluding carboxylic acids is 1. The number of rotatable bonds is 5. The summed E-state index contributed by atoms with van der Waals surface area (Å²) in [4.78, 5) is 14.5. The number of amides is 2. The van der Waals surface area contributed by atoms with Gasteiger partial charge >= 0.3 is 6.03 Å². The lowest BCUT2D eigenvalue weighted by Gasteiger charge is -2.34. The Labute approximate surface area is 176 Å². The second-order valence-corrected chi connectivity index (χ2v) is 9.60. The minimum atomic E-state index is -3.58. The summed E-state index contributed by atoms with van der Waals surface area (Å²) >= 11 is 5.90. The Balaban J connectivity index is 1.63. The summed E-state index contributed by atoms with van der Waals surface area (Å²) in [5.74, 6) is 0. The van der Waals surface area contributed by atoms with Gasteiger partial charge in [0, 0.05) is 29.5 Å². The molecule has 0 aromatic heterocycles. The summed E-state index contributed by atoms with van der Waals surface area (Å²) in [6, 6.07) is 12.5. The molecular formula is C20H25ClN4O3S. The number of carbonyl (C=O) groups is 1. The Morgan fingerprint density at radius 1 is 1.07 bits per heavy atom. The van der Waals surface area contributed by atoms with E-state index in [1.807, 2.05) is 7.05 Å². The van der Waals surface area contributed by atoms with Crippen LogP contribution in [0.1, 0.15) is 12.8 Å². The molecule has 2 amide bonds. The van der Waals surface area contributed by atoms with Gasteiger partial charge in [0.1, 0.15) is 0 Å². The molecule has 0 radical (unpaired) electrons. The van der Waals surface area contributed by atoms with Gasteiger partial charge in [-0.15, -0.1) is 0 Å². The van der Waals surface area contributed by atoms with Crippen molar-refractivity contribution in [2.75, 3.05) is 37.8 Å². The van der Waals surface area contributed by atoms with Gasteiger partial charge in [0.2, 0.25) is 10.0 Å². The molecule has 0 bridgehead atoms. The molecule has 0 aliphatic carbocycles. The minimum Gasteiger partial charge on any atom is -0.308 e. The third-order valence-electron chi connectivity index (χ3n) is 5.07. The first-order chi connectivity index (χ1) is 13.8. The lowest BCUT2D eigenvalue weighted by atomic mass is 10.1. The maximum Gasteiger partial charge on any atom is 0.323 e. The lowest BCUT2D eigenvalue weighted by molar-refractivity contribution is 0.197. The van der Waals surface area contributed by atoms with Crippen LogP contribution in [0, 0.1) is 0 Å². The van der Waals surface area contributed by atoms with Gasteiger partial charge in [-0.1, -0.05) is 17.7 Å². The average Bonchev–Trinajstić information content (AvgIpc) is 2.68. The molecule has 9 heteroatoms. The molecule has 1 aliphatic rings. The van der Waals surface area contributed by atoms with Crippen molar-refractivity contribution in [3.63, 3.8) is 0 Å². The van der Waals surface area contributed by atoms with Crippen molar-refractivity contribution in [1.82, 2.24) is 9.21 Å². The fraction of sp³-hybridized carbons (Fsp3) is 0.350. The van der Waals surface area contributed by atoms with Crippen LogP contribution in [0.25, 0.3) is 0 Å². The molecule has 0 spiro atoms. The molecule has 2 aromatic rings. The van der Waals surface area contributed by atoms with E-state index in [0.29, 0.717) is 16.4 Å². The maximum atomic E-state index is 12.9. The van der Waals surface area contributed by atoms with Crippen LogP contribution in [-0.2, 0) is 10.0 Å². The molecule has 156 valence electrons. The second-order valence-electron chi connectivity index (χ2n) is 7.17. The van der Waals surface area contributed by atoms with Crippen molar-refractivity contribution in [1.29, 1.82) is 0 Å². The topological polar surface area (TPSA) is 81.8 Å². The number of nitrogens with zero attached hydrogens (tertiary/aromatic N) is 2. The average molecular weight is 437 g/mol. The number of urea groups is 1. The molecule has 3 rings (SSSR count). The number of nitrogens with one attached hydrogen (secondary N) is 2. The van der Waals surface area contributed by atoms with E-state index in [0.717, 1.165) is 25.9 Å². The number of anilines is 2. The first-order valence-corrected chi connectivity index (χ1v) is 11.2. The Morgan fingerprint density at radius 2 is 1.69 bits per heavy atom. The normalized spacial score (nSPS) is 16.0. The third kappa shape index (κ3) is 5.48. The van der Waals surface area contributed by atoms with Gasteiger partial charge in [0.25, 0.3) is 0 Å². The number of halogens is 1. The molecule has 0 atom stereocenters. The molecule has 29 heavy (non-hydrogen) atoms.